The number of carbonyl (C=O) groups excluding carboxylic acids is 1. The molecule has 2 rings (SSSR count). The van der Waals surface area contributed by atoms with Gasteiger partial charge in [-0.25, -0.2) is 4.68 Å². The van der Waals surface area contributed by atoms with Crippen LogP contribution < -0.4 is 5.32 Å². The van der Waals surface area contributed by atoms with Gasteiger partial charge < -0.3 is 5.32 Å². The van der Waals surface area contributed by atoms with Crippen LogP contribution in [-0.2, 0) is 11.3 Å². The summed E-state index contributed by atoms with van der Waals surface area (Å²) < 4.78 is 1.42. The van der Waals surface area contributed by atoms with Gasteiger partial charge in [-0.15, -0.1) is 5.10 Å². The average Bonchev–Trinajstić information content (AvgIpc) is 2.96. The zero-order valence-corrected chi connectivity index (χ0v) is 10.0. The fraction of sp³-hybridized carbons (Fsp3) is 0.818. The first-order valence-electron chi connectivity index (χ1n) is 6.32. The smallest absolute Gasteiger partial charge is 0.241 e. The minimum atomic E-state index is -0.0243. The summed E-state index contributed by atoms with van der Waals surface area (Å²) in [4.78, 5) is 11.5. The second-order valence-corrected chi connectivity index (χ2v) is 4.65. The van der Waals surface area contributed by atoms with Crippen molar-refractivity contribution < 1.29 is 4.79 Å². The number of rotatable bonds is 6. The van der Waals surface area contributed by atoms with Crippen molar-refractivity contribution in [1.82, 2.24) is 25.5 Å². The summed E-state index contributed by atoms with van der Waals surface area (Å²) in [5, 5.41) is 13.5. The Morgan fingerprint density at radius 1 is 1.41 bits per heavy atom. The normalized spacial score (nSPS) is 16.2. The van der Waals surface area contributed by atoms with Crippen molar-refractivity contribution in [2.45, 2.75) is 45.1 Å². The Morgan fingerprint density at radius 2 is 2.24 bits per heavy atom. The van der Waals surface area contributed by atoms with Gasteiger partial charge in [-0.3, -0.25) is 4.79 Å². The molecule has 17 heavy (non-hydrogen) atoms. The molecule has 0 spiro atoms. The van der Waals surface area contributed by atoms with Crippen LogP contribution in [0.1, 0.15) is 38.5 Å². The molecule has 1 aromatic rings. The zero-order chi connectivity index (χ0) is 11.9. The quantitative estimate of drug-likeness (QED) is 0.741. The lowest BCUT2D eigenvalue weighted by Crippen LogP contribution is -2.28. The van der Waals surface area contributed by atoms with Gasteiger partial charge in [-0.05, 0) is 29.2 Å². The second kappa shape index (κ2) is 6.32. The first kappa shape index (κ1) is 12.0. The first-order chi connectivity index (χ1) is 8.34. The molecule has 0 bridgehead atoms. The Kier molecular flexibility index (Phi) is 4.46. The van der Waals surface area contributed by atoms with Gasteiger partial charge >= 0.3 is 0 Å². The number of nitrogens with zero attached hydrogens (tertiary/aromatic N) is 4. The summed E-state index contributed by atoms with van der Waals surface area (Å²) in [6.45, 7) is 0.966. The highest BCUT2D eigenvalue weighted by molar-refractivity contribution is 5.75. The van der Waals surface area contributed by atoms with Gasteiger partial charge in [0.15, 0.2) is 0 Å². The number of amides is 1. The van der Waals surface area contributed by atoms with Crippen molar-refractivity contribution in [3.05, 3.63) is 6.33 Å². The summed E-state index contributed by atoms with van der Waals surface area (Å²) in [6.07, 6.45) is 9.28. The van der Waals surface area contributed by atoms with Crippen molar-refractivity contribution in [3.63, 3.8) is 0 Å². The molecular formula is C11H19N5O. The molecule has 6 nitrogen and oxygen atoms in total. The van der Waals surface area contributed by atoms with Gasteiger partial charge in [0.05, 0.1) is 0 Å². The van der Waals surface area contributed by atoms with Crippen LogP contribution in [-0.4, -0.2) is 32.7 Å². The Morgan fingerprint density at radius 3 is 2.94 bits per heavy atom. The number of hydrogen-bond donors (Lipinski definition) is 1. The summed E-state index contributed by atoms with van der Waals surface area (Å²) in [7, 11) is 0. The molecule has 1 amide bonds. The molecule has 1 aromatic heterocycles. The molecule has 1 aliphatic carbocycles. The third-order valence-electron chi connectivity index (χ3n) is 3.28. The molecule has 0 aromatic carbocycles. The lowest BCUT2D eigenvalue weighted by Gasteiger charge is -2.09. The van der Waals surface area contributed by atoms with E-state index in [9.17, 15) is 4.79 Å². The molecule has 1 N–H and O–H groups in total. The van der Waals surface area contributed by atoms with Crippen molar-refractivity contribution in [1.29, 1.82) is 0 Å². The van der Waals surface area contributed by atoms with E-state index in [1.54, 1.807) is 0 Å². The molecule has 1 aliphatic rings. The number of tetrazole rings is 1. The van der Waals surface area contributed by atoms with Crippen LogP contribution in [0, 0.1) is 5.92 Å². The minimum absolute atomic E-state index is 0.0243. The summed E-state index contributed by atoms with van der Waals surface area (Å²) >= 11 is 0. The highest BCUT2D eigenvalue weighted by Crippen LogP contribution is 2.28. The maximum atomic E-state index is 11.5. The Hall–Kier alpha value is -1.46. The Balaban J connectivity index is 1.54. The van der Waals surface area contributed by atoms with Gasteiger partial charge in [-0.1, -0.05) is 25.7 Å². The lowest BCUT2D eigenvalue weighted by atomic mass is 10.0. The zero-order valence-electron chi connectivity index (χ0n) is 10.0. The van der Waals surface area contributed by atoms with E-state index in [4.69, 9.17) is 0 Å². The van der Waals surface area contributed by atoms with Crippen LogP contribution in [0.5, 0.6) is 0 Å². The molecule has 1 heterocycles. The second-order valence-electron chi connectivity index (χ2n) is 4.65. The van der Waals surface area contributed by atoms with E-state index >= 15 is 0 Å². The summed E-state index contributed by atoms with van der Waals surface area (Å²) in [5.41, 5.74) is 0. The predicted molar refractivity (Wildman–Crippen MR) is 62.0 cm³/mol. The van der Waals surface area contributed by atoms with Crippen LogP contribution in [0.3, 0.4) is 0 Å². The highest BCUT2D eigenvalue weighted by atomic mass is 16.2. The summed E-state index contributed by atoms with van der Waals surface area (Å²) in [5.74, 6) is 0.870. The Bertz CT molecular complexity index is 332. The van der Waals surface area contributed by atoms with E-state index < -0.39 is 0 Å². The van der Waals surface area contributed by atoms with Gasteiger partial charge in [0, 0.05) is 6.54 Å². The SMILES string of the molecule is O=C(Cn1cnnn1)NCCCC1CCCC1. The Labute approximate surface area is 101 Å². The van der Waals surface area contributed by atoms with E-state index in [-0.39, 0.29) is 12.5 Å². The summed E-state index contributed by atoms with van der Waals surface area (Å²) in [6, 6.07) is 0. The fourth-order valence-electron chi connectivity index (χ4n) is 2.37. The highest BCUT2D eigenvalue weighted by Gasteiger charge is 2.14. The predicted octanol–water partition coefficient (Wildman–Crippen LogP) is 0.760. The fourth-order valence-corrected chi connectivity index (χ4v) is 2.37. The van der Waals surface area contributed by atoms with Gasteiger partial charge in [-0.2, -0.15) is 0 Å². The third-order valence-corrected chi connectivity index (χ3v) is 3.28. The number of nitrogens with one attached hydrogen (secondary N) is 1. The number of hydrogen-bond acceptors (Lipinski definition) is 4. The van der Waals surface area contributed by atoms with Crippen molar-refractivity contribution >= 4 is 5.91 Å². The van der Waals surface area contributed by atoms with Crippen molar-refractivity contribution in [2.24, 2.45) is 5.92 Å². The van der Waals surface area contributed by atoms with Crippen LogP contribution in [0.25, 0.3) is 0 Å². The lowest BCUT2D eigenvalue weighted by molar-refractivity contribution is -0.121. The maximum absolute atomic E-state index is 11.5. The maximum Gasteiger partial charge on any atom is 0.241 e. The molecular weight excluding hydrogens is 218 g/mol. The minimum Gasteiger partial charge on any atom is -0.354 e. The monoisotopic (exact) mass is 237 g/mol. The molecule has 1 fully saturated rings. The van der Waals surface area contributed by atoms with E-state index in [2.05, 4.69) is 20.8 Å². The van der Waals surface area contributed by atoms with E-state index in [0.29, 0.717) is 0 Å². The molecule has 0 unspecified atom stereocenters. The molecule has 0 atom stereocenters. The van der Waals surface area contributed by atoms with Gasteiger partial charge in [0.1, 0.15) is 12.9 Å². The largest absolute Gasteiger partial charge is 0.354 e. The van der Waals surface area contributed by atoms with Crippen LogP contribution in [0.2, 0.25) is 0 Å². The topological polar surface area (TPSA) is 72.7 Å². The third kappa shape index (κ3) is 4.13. The first-order valence-corrected chi connectivity index (χ1v) is 6.32. The van der Waals surface area contributed by atoms with Crippen LogP contribution in [0.15, 0.2) is 6.33 Å². The van der Waals surface area contributed by atoms with Gasteiger partial charge in [0.2, 0.25) is 5.91 Å². The molecule has 94 valence electrons. The molecule has 1 saturated carbocycles. The average molecular weight is 237 g/mol. The number of aromatic nitrogens is 4. The van der Waals surface area contributed by atoms with Crippen molar-refractivity contribution in [3.8, 4) is 0 Å². The number of carbonyl (C=O) groups is 1. The van der Waals surface area contributed by atoms with Crippen LogP contribution >= 0.6 is 0 Å². The van der Waals surface area contributed by atoms with Crippen molar-refractivity contribution in [2.75, 3.05) is 6.54 Å². The molecule has 0 radical (unpaired) electrons. The molecule has 0 aliphatic heterocycles. The standard InChI is InChI=1S/C11H19N5O/c17-11(8-16-9-13-14-15-16)12-7-3-6-10-4-1-2-5-10/h9-10H,1-8H2,(H,12,17). The van der Waals surface area contributed by atoms with E-state index in [1.807, 2.05) is 0 Å². The van der Waals surface area contributed by atoms with E-state index in [0.717, 1.165) is 18.9 Å². The van der Waals surface area contributed by atoms with Crippen LogP contribution in [0.4, 0.5) is 0 Å². The molecule has 6 heteroatoms. The molecule has 0 saturated heterocycles. The van der Waals surface area contributed by atoms with Gasteiger partial charge in [0.25, 0.3) is 0 Å². The van der Waals surface area contributed by atoms with E-state index in [1.165, 1.54) is 43.1 Å².